The second-order valence-corrected chi connectivity index (χ2v) is 7.29. The number of ether oxygens (including phenoxy) is 3. The molecular formula is C23H24N2O5. The number of carbonyl (C=O) groups is 2. The Morgan fingerprint density at radius 3 is 2.70 bits per heavy atom. The minimum atomic E-state index is -0.643. The van der Waals surface area contributed by atoms with Gasteiger partial charge < -0.3 is 24.8 Å². The van der Waals surface area contributed by atoms with Gasteiger partial charge in [0.1, 0.15) is 18.1 Å². The van der Waals surface area contributed by atoms with Gasteiger partial charge in [0.05, 0.1) is 17.7 Å². The van der Waals surface area contributed by atoms with Crippen molar-refractivity contribution in [2.24, 2.45) is 0 Å². The fourth-order valence-corrected chi connectivity index (χ4v) is 3.62. The third-order valence-corrected chi connectivity index (χ3v) is 5.08. The molecule has 7 heteroatoms. The molecule has 1 fully saturated rings. The molecule has 7 nitrogen and oxygen atoms in total. The van der Waals surface area contributed by atoms with Crippen molar-refractivity contribution in [3.63, 3.8) is 0 Å². The van der Waals surface area contributed by atoms with E-state index in [2.05, 4.69) is 10.6 Å². The standard InChI is InChI=1S/C23H24N2O5/c1-15-20(22(26)29-14-19-11-6-12-28-19)21(25-23(27)24-15)16-7-5-10-18(13-16)30-17-8-3-2-4-9-17/h2-5,7-10,13,19,21H,6,11-12,14H2,1H3,(H2,24,25,27). The summed E-state index contributed by atoms with van der Waals surface area (Å²) >= 11 is 0. The molecule has 0 bridgehead atoms. The van der Waals surface area contributed by atoms with Gasteiger partial charge in [-0.2, -0.15) is 0 Å². The molecule has 2 unspecified atom stereocenters. The molecule has 1 saturated heterocycles. The number of allylic oxidation sites excluding steroid dienone is 1. The molecule has 156 valence electrons. The molecule has 2 amide bonds. The third kappa shape index (κ3) is 4.63. The lowest BCUT2D eigenvalue weighted by Gasteiger charge is -2.28. The van der Waals surface area contributed by atoms with Gasteiger partial charge in [-0.25, -0.2) is 9.59 Å². The summed E-state index contributed by atoms with van der Waals surface area (Å²) in [5.74, 6) is 0.831. The number of amides is 2. The molecule has 2 aromatic carbocycles. The van der Waals surface area contributed by atoms with E-state index < -0.39 is 12.0 Å². The quantitative estimate of drug-likeness (QED) is 0.710. The van der Waals surface area contributed by atoms with Crippen molar-refractivity contribution in [1.29, 1.82) is 0 Å². The highest BCUT2D eigenvalue weighted by Gasteiger charge is 2.33. The van der Waals surface area contributed by atoms with Crippen LogP contribution in [0.1, 0.15) is 31.4 Å². The van der Waals surface area contributed by atoms with E-state index in [4.69, 9.17) is 14.2 Å². The van der Waals surface area contributed by atoms with Crippen molar-refractivity contribution in [1.82, 2.24) is 10.6 Å². The lowest BCUT2D eigenvalue weighted by molar-refractivity contribution is -0.142. The molecule has 0 aliphatic carbocycles. The number of rotatable bonds is 6. The molecular weight excluding hydrogens is 384 g/mol. The summed E-state index contributed by atoms with van der Waals surface area (Å²) in [6.45, 7) is 2.59. The predicted molar refractivity (Wildman–Crippen MR) is 110 cm³/mol. The maximum atomic E-state index is 12.9. The van der Waals surface area contributed by atoms with Crippen LogP contribution in [0.15, 0.2) is 65.9 Å². The van der Waals surface area contributed by atoms with E-state index in [1.807, 2.05) is 54.6 Å². The third-order valence-electron chi connectivity index (χ3n) is 5.08. The summed E-state index contributed by atoms with van der Waals surface area (Å²) in [4.78, 5) is 25.0. The van der Waals surface area contributed by atoms with Crippen LogP contribution >= 0.6 is 0 Å². The van der Waals surface area contributed by atoms with Crippen LogP contribution < -0.4 is 15.4 Å². The normalized spacial score (nSPS) is 21.0. The van der Waals surface area contributed by atoms with Crippen LogP contribution in [0.4, 0.5) is 4.79 Å². The SMILES string of the molecule is CC1=C(C(=O)OCC2CCCO2)C(c2cccc(Oc3ccccc3)c2)NC(=O)N1. The largest absolute Gasteiger partial charge is 0.459 e. The van der Waals surface area contributed by atoms with E-state index in [0.717, 1.165) is 18.4 Å². The molecule has 2 heterocycles. The summed E-state index contributed by atoms with van der Waals surface area (Å²) in [6, 6.07) is 15.7. The second kappa shape index (κ2) is 9.00. The summed E-state index contributed by atoms with van der Waals surface area (Å²) in [5, 5.41) is 5.48. The number of para-hydroxylation sites is 1. The maximum Gasteiger partial charge on any atom is 0.338 e. The van der Waals surface area contributed by atoms with Gasteiger partial charge in [-0.15, -0.1) is 0 Å². The van der Waals surface area contributed by atoms with Gasteiger partial charge in [0.25, 0.3) is 0 Å². The number of nitrogens with one attached hydrogen (secondary N) is 2. The fraction of sp³-hybridized carbons (Fsp3) is 0.304. The zero-order chi connectivity index (χ0) is 20.9. The Hall–Kier alpha value is -3.32. The van der Waals surface area contributed by atoms with Crippen molar-refractivity contribution < 1.29 is 23.8 Å². The lowest BCUT2D eigenvalue weighted by atomic mass is 9.95. The minimum absolute atomic E-state index is 0.0675. The zero-order valence-corrected chi connectivity index (χ0v) is 16.7. The molecule has 4 rings (SSSR count). The zero-order valence-electron chi connectivity index (χ0n) is 16.7. The molecule has 0 spiro atoms. The van der Waals surface area contributed by atoms with Gasteiger partial charge in [-0.1, -0.05) is 30.3 Å². The van der Waals surface area contributed by atoms with Crippen molar-refractivity contribution >= 4 is 12.0 Å². The smallest absolute Gasteiger partial charge is 0.338 e. The van der Waals surface area contributed by atoms with Crippen LogP contribution in [0.5, 0.6) is 11.5 Å². The van der Waals surface area contributed by atoms with Crippen LogP contribution in [0.25, 0.3) is 0 Å². The monoisotopic (exact) mass is 408 g/mol. The van der Waals surface area contributed by atoms with Crippen LogP contribution in [-0.4, -0.2) is 31.3 Å². The molecule has 2 atom stereocenters. The number of urea groups is 1. The molecule has 2 aromatic rings. The van der Waals surface area contributed by atoms with E-state index in [0.29, 0.717) is 29.4 Å². The topological polar surface area (TPSA) is 85.9 Å². The van der Waals surface area contributed by atoms with Gasteiger partial charge >= 0.3 is 12.0 Å². The molecule has 2 aliphatic heterocycles. The first-order chi connectivity index (χ1) is 14.6. The number of benzene rings is 2. The summed E-state index contributed by atoms with van der Waals surface area (Å²) in [5.41, 5.74) is 1.56. The average molecular weight is 408 g/mol. The Bertz CT molecular complexity index is 951. The molecule has 2 aliphatic rings. The first-order valence-corrected chi connectivity index (χ1v) is 10.00. The molecule has 2 N–H and O–H groups in total. The highest BCUT2D eigenvalue weighted by atomic mass is 16.6. The lowest BCUT2D eigenvalue weighted by Crippen LogP contribution is -2.45. The van der Waals surface area contributed by atoms with Crippen molar-refractivity contribution in [3.05, 3.63) is 71.4 Å². The number of hydrogen-bond donors (Lipinski definition) is 2. The number of esters is 1. The van der Waals surface area contributed by atoms with Crippen molar-refractivity contribution in [2.45, 2.75) is 31.9 Å². The molecule has 0 saturated carbocycles. The molecule has 30 heavy (non-hydrogen) atoms. The highest BCUT2D eigenvalue weighted by Crippen LogP contribution is 2.31. The summed E-state index contributed by atoms with van der Waals surface area (Å²) in [7, 11) is 0. The minimum Gasteiger partial charge on any atom is -0.459 e. The Morgan fingerprint density at radius 2 is 1.93 bits per heavy atom. The van der Waals surface area contributed by atoms with Gasteiger partial charge in [0.15, 0.2) is 0 Å². The highest BCUT2D eigenvalue weighted by molar-refractivity contribution is 5.95. The average Bonchev–Trinajstić information content (AvgIpc) is 3.26. The Balaban J connectivity index is 1.55. The molecule has 0 radical (unpaired) electrons. The predicted octanol–water partition coefficient (Wildman–Crippen LogP) is 3.83. The van der Waals surface area contributed by atoms with Crippen LogP contribution in [0.2, 0.25) is 0 Å². The van der Waals surface area contributed by atoms with Crippen molar-refractivity contribution in [3.8, 4) is 11.5 Å². The fourth-order valence-electron chi connectivity index (χ4n) is 3.62. The Morgan fingerprint density at radius 1 is 1.13 bits per heavy atom. The van der Waals surface area contributed by atoms with E-state index in [9.17, 15) is 9.59 Å². The van der Waals surface area contributed by atoms with Crippen molar-refractivity contribution in [2.75, 3.05) is 13.2 Å². The van der Waals surface area contributed by atoms with Gasteiger partial charge in [0, 0.05) is 12.3 Å². The van der Waals surface area contributed by atoms with Crippen LogP contribution in [-0.2, 0) is 14.3 Å². The first kappa shape index (κ1) is 20.0. The van der Waals surface area contributed by atoms with Gasteiger partial charge in [-0.3, -0.25) is 0 Å². The van der Waals surface area contributed by atoms with Gasteiger partial charge in [-0.05, 0) is 49.6 Å². The number of carbonyl (C=O) groups excluding carboxylic acids is 2. The van der Waals surface area contributed by atoms with E-state index in [1.165, 1.54) is 0 Å². The van der Waals surface area contributed by atoms with Crippen LogP contribution in [0.3, 0.4) is 0 Å². The van der Waals surface area contributed by atoms with E-state index in [1.54, 1.807) is 6.92 Å². The van der Waals surface area contributed by atoms with E-state index >= 15 is 0 Å². The van der Waals surface area contributed by atoms with Gasteiger partial charge in [0.2, 0.25) is 0 Å². The summed E-state index contributed by atoms with van der Waals surface area (Å²) in [6.07, 6.45) is 1.78. The Kier molecular flexibility index (Phi) is 5.99. The maximum absolute atomic E-state index is 12.9. The first-order valence-electron chi connectivity index (χ1n) is 10.00. The van der Waals surface area contributed by atoms with E-state index in [-0.39, 0.29) is 18.7 Å². The second-order valence-electron chi connectivity index (χ2n) is 7.29. The summed E-state index contributed by atoms with van der Waals surface area (Å²) < 4.78 is 16.9. The number of hydrogen-bond acceptors (Lipinski definition) is 5. The Labute approximate surface area is 175 Å². The molecule has 0 aromatic heterocycles. The van der Waals surface area contributed by atoms with Crippen LogP contribution in [0, 0.1) is 0 Å².